The highest BCUT2D eigenvalue weighted by atomic mass is 16.4. The van der Waals surface area contributed by atoms with Crippen LogP contribution in [0.4, 0.5) is 0 Å². The van der Waals surface area contributed by atoms with E-state index in [2.05, 4.69) is 20.9 Å². The van der Waals surface area contributed by atoms with Crippen molar-refractivity contribution in [2.45, 2.75) is 70.1 Å². The Morgan fingerprint density at radius 3 is 2.10 bits per heavy atom. The summed E-state index contributed by atoms with van der Waals surface area (Å²) >= 11 is 0. The Morgan fingerprint density at radius 2 is 1.50 bits per heavy atom. The van der Waals surface area contributed by atoms with E-state index in [1.54, 1.807) is 26.1 Å². The van der Waals surface area contributed by atoms with E-state index in [0.717, 1.165) is 10.9 Å². The number of rotatable bonds is 16. The zero-order valence-electron chi connectivity index (χ0n) is 22.3. The maximum atomic E-state index is 13.2. The Hall–Kier alpha value is -4.46. The second-order valence-electron chi connectivity index (χ2n) is 9.92. The molecule has 1 aromatic carbocycles. The molecule has 4 atom stereocenters. The molecule has 0 aliphatic heterocycles. The van der Waals surface area contributed by atoms with Gasteiger partial charge in [-0.2, -0.15) is 0 Å². The molecule has 0 saturated heterocycles. The SMILES string of the molecule is CC(C)CC(NC(=O)C(N)CC(=O)O)C(=O)NC(CCC(N)=O)C(=O)NC(Cc1c[nH]c2ccccc12)C(=O)O. The van der Waals surface area contributed by atoms with Gasteiger partial charge in [-0.3, -0.25) is 24.0 Å². The maximum Gasteiger partial charge on any atom is 0.326 e. The van der Waals surface area contributed by atoms with Crippen molar-refractivity contribution in [3.63, 3.8) is 0 Å². The lowest BCUT2D eigenvalue weighted by Gasteiger charge is -2.26. The lowest BCUT2D eigenvalue weighted by molar-refractivity contribution is -0.142. The number of benzene rings is 1. The molecule has 2 aromatic rings. The van der Waals surface area contributed by atoms with Crippen LogP contribution < -0.4 is 27.4 Å². The molecule has 218 valence electrons. The largest absolute Gasteiger partial charge is 0.481 e. The molecule has 0 spiro atoms. The quantitative estimate of drug-likeness (QED) is 0.130. The molecule has 1 heterocycles. The van der Waals surface area contributed by atoms with Crippen LogP contribution >= 0.6 is 0 Å². The van der Waals surface area contributed by atoms with Gasteiger partial charge in [0.05, 0.1) is 12.5 Å². The topological polar surface area (TPSA) is 247 Å². The zero-order chi connectivity index (χ0) is 30.0. The summed E-state index contributed by atoms with van der Waals surface area (Å²) in [5.74, 6) is -5.97. The van der Waals surface area contributed by atoms with Gasteiger partial charge < -0.3 is 42.6 Å². The van der Waals surface area contributed by atoms with Crippen molar-refractivity contribution < 1.29 is 39.0 Å². The van der Waals surface area contributed by atoms with E-state index < -0.39 is 66.2 Å². The molecular weight excluding hydrogens is 524 g/mol. The van der Waals surface area contributed by atoms with Crippen LogP contribution in [0, 0.1) is 5.92 Å². The predicted octanol–water partition coefficient (Wildman–Crippen LogP) is -0.637. The molecule has 14 nitrogen and oxygen atoms in total. The molecule has 0 radical (unpaired) electrons. The number of carboxylic acid groups (broad SMARTS) is 2. The van der Waals surface area contributed by atoms with Crippen LogP contribution in [-0.2, 0) is 35.2 Å². The molecule has 0 saturated carbocycles. The molecule has 1 aromatic heterocycles. The summed E-state index contributed by atoms with van der Waals surface area (Å²) in [6, 6.07) is 1.94. The minimum atomic E-state index is -1.41. The number of nitrogens with one attached hydrogen (secondary N) is 4. The third-order valence-corrected chi connectivity index (χ3v) is 6.10. The van der Waals surface area contributed by atoms with Crippen LogP contribution in [-0.4, -0.2) is 74.9 Å². The van der Waals surface area contributed by atoms with E-state index in [4.69, 9.17) is 16.6 Å². The van der Waals surface area contributed by atoms with Crippen LogP contribution in [0.25, 0.3) is 10.9 Å². The van der Waals surface area contributed by atoms with Gasteiger partial charge in [0.1, 0.15) is 18.1 Å². The van der Waals surface area contributed by atoms with Gasteiger partial charge in [0.15, 0.2) is 0 Å². The predicted molar refractivity (Wildman–Crippen MR) is 144 cm³/mol. The molecule has 0 fully saturated rings. The lowest BCUT2D eigenvalue weighted by atomic mass is 10.0. The molecule has 0 aliphatic rings. The number of hydrogen-bond donors (Lipinski definition) is 8. The number of para-hydroxylation sites is 1. The Morgan fingerprint density at radius 1 is 0.900 bits per heavy atom. The highest BCUT2D eigenvalue weighted by Crippen LogP contribution is 2.19. The van der Waals surface area contributed by atoms with Gasteiger partial charge in [0.25, 0.3) is 0 Å². The first-order chi connectivity index (χ1) is 18.8. The number of fused-ring (bicyclic) bond motifs is 1. The summed E-state index contributed by atoms with van der Waals surface area (Å²) in [4.78, 5) is 76.1. The van der Waals surface area contributed by atoms with Crippen LogP contribution in [0.15, 0.2) is 30.5 Å². The summed E-state index contributed by atoms with van der Waals surface area (Å²) < 4.78 is 0. The molecule has 0 aliphatic carbocycles. The highest BCUT2D eigenvalue weighted by Gasteiger charge is 2.31. The van der Waals surface area contributed by atoms with Crippen molar-refractivity contribution in [2.24, 2.45) is 17.4 Å². The number of carbonyl (C=O) groups excluding carboxylic acids is 4. The zero-order valence-corrected chi connectivity index (χ0v) is 22.3. The maximum absolute atomic E-state index is 13.2. The molecule has 4 amide bonds. The normalized spacial score (nSPS) is 14.1. The summed E-state index contributed by atoms with van der Waals surface area (Å²) in [6.07, 6.45) is 0.539. The van der Waals surface area contributed by atoms with Gasteiger partial charge in [-0.05, 0) is 30.4 Å². The van der Waals surface area contributed by atoms with Gasteiger partial charge in [-0.25, -0.2) is 4.79 Å². The number of aliphatic carboxylic acids is 2. The third kappa shape index (κ3) is 9.69. The van der Waals surface area contributed by atoms with Gasteiger partial charge in [0, 0.05) is 29.9 Å². The standard InChI is InChI=1S/C26H36N6O8/c1-13(2)9-19(31-23(36)16(27)11-22(34)35)25(38)30-18(7-8-21(28)33)24(37)32-20(26(39)40)10-14-12-29-17-6-4-3-5-15(14)17/h3-6,12-13,16,18-20,29H,7-11,27H2,1-2H3,(H2,28,33)(H,30,38)(H,31,36)(H,32,37)(H,34,35)(H,39,40). The lowest BCUT2D eigenvalue weighted by Crippen LogP contribution is -2.57. The number of H-pyrrole nitrogens is 1. The van der Waals surface area contributed by atoms with E-state index in [-0.39, 0.29) is 31.6 Å². The van der Waals surface area contributed by atoms with Gasteiger partial charge in [-0.15, -0.1) is 0 Å². The molecule has 10 N–H and O–H groups in total. The van der Waals surface area contributed by atoms with Crippen molar-refractivity contribution in [1.82, 2.24) is 20.9 Å². The molecule has 40 heavy (non-hydrogen) atoms. The van der Waals surface area contributed by atoms with Crippen molar-refractivity contribution in [3.8, 4) is 0 Å². The third-order valence-electron chi connectivity index (χ3n) is 6.10. The van der Waals surface area contributed by atoms with E-state index in [1.807, 2.05) is 18.2 Å². The number of aromatic nitrogens is 1. The number of aromatic amines is 1. The molecule has 0 bridgehead atoms. The fourth-order valence-corrected chi connectivity index (χ4v) is 4.08. The van der Waals surface area contributed by atoms with Crippen LogP contribution in [0.3, 0.4) is 0 Å². The minimum absolute atomic E-state index is 0.0604. The highest BCUT2D eigenvalue weighted by molar-refractivity contribution is 5.95. The molecule has 2 rings (SSSR count). The number of nitrogens with two attached hydrogens (primary N) is 2. The first kappa shape index (κ1) is 31.8. The molecular formula is C26H36N6O8. The second kappa shape index (κ2) is 14.6. The van der Waals surface area contributed by atoms with E-state index in [0.29, 0.717) is 5.56 Å². The van der Waals surface area contributed by atoms with Gasteiger partial charge >= 0.3 is 11.9 Å². The summed E-state index contributed by atoms with van der Waals surface area (Å²) in [7, 11) is 0. The average Bonchev–Trinajstić information content (AvgIpc) is 3.27. The average molecular weight is 561 g/mol. The fourth-order valence-electron chi connectivity index (χ4n) is 4.08. The van der Waals surface area contributed by atoms with Gasteiger partial charge in [0.2, 0.25) is 23.6 Å². The van der Waals surface area contributed by atoms with Crippen LogP contribution in [0.5, 0.6) is 0 Å². The Bertz CT molecular complexity index is 1240. The van der Waals surface area contributed by atoms with Crippen molar-refractivity contribution in [1.29, 1.82) is 0 Å². The number of primary amides is 1. The summed E-state index contributed by atoms with van der Waals surface area (Å²) in [5.41, 5.74) is 12.3. The van der Waals surface area contributed by atoms with E-state index in [9.17, 15) is 33.9 Å². The first-order valence-electron chi connectivity index (χ1n) is 12.7. The second-order valence-corrected chi connectivity index (χ2v) is 9.92. The molecule has 14 heteroatoms. The van der Waals surface area contributed by atoms with Crippen LogP contribution in [0.1, 0.15) is 45.1 Å². The van der Waals surface area contributed by atoms with Crippen molar-refractivity contribution in [3.05, 3.63) is 36.0 Å². The smallest absolute Gasteiger partial charge is 0.326 e. The van der Waals surface area contributed by atoms with Crippen molar-refractivity contribution >= 4 is 46.5 Å². The number of amides is 4. The first-order valence-corrected chi connectivity index (χ1v) is 12.7. The van der Waals surface area contributed by atoms with Gasteiger partial charge in [-0.1, -0.05) is 32.0 Å². The minimum Gasteiger partial charge on any atom is -0.481 e. The fraction of sp³-hybridized carbons (Fsp3) is 0.462. The van der Waals surface area contributed by atoms with E-state index >= 15 is 0 Å². The van der Waals surface area contributed by atoms with Crippen LogP contribution in [0.2, 0.25) is 0 Å². The van der Waals surface area contributed by atoms with E-state index in [1.165, 1.54) is 0 Å². The summed E-state index contributed by atoms with van der Waals surface area (Å²) in [5, 5.41) is 26.8. The Balaban J connectivity index is 2.20. The van der Waals surface area contributed by atoms with Crippen molar-refractivity contribution in [2.75, 3.05) is 0 Å². The number of carbonyl (C=O) groups is 6. The number of hydrogen-bond acceptors (Lipinski definition) is 7. The number of carboxylic acids is 2. The Labute approximate surface area is 230 Å². The Kier molecular flexibility index (Phi) is 11.6. The monoisotopic (exact) mass is 560 g/mol. The summed E-state index contributed by atoms with van der Waals surface area (Å²) in [6.45, 7) is 3.56. The molecule has 4 unspecified atom stereocenters.